The van der Waals surface area contributed by atoms with Crippen molar-refractivity contribution in [2.45, 2.75) is 6.92 Å². The van der Waals surface area contributed by atoms with Gasteiger partial charge in [-0.25, -0.2) is 4.98 Å². The van der Waals surface area contributed by atoms with E-state index in [9.17, 15) is 10.1 Å². The number of nitro benzene ring substituents is 1. The number of non-ortho nitro benzene ring substituents is 1. The van der Waals surface area contributed by atoms with Gasteiger partial charge in [0.2, 0.25) is 5.89 Å². The van der Waals surface area contributed by atoms with E-state index in [0.717, 1.165) is 5.56 Å². The number of aromatic nitrogens is 1. The molecule has 3 aromatic rings. The summed E-state index contributed by atoms with van der Waals surface area (Å²) < 4.78 is 5.63. The molecule has 0 atom stereocenters. The number of oxazole rings is 1. The molecule has 0 saturated heterocycles. The van der Waals surface area contributed by atoms with Gasteiger partial charge in [0.1, 0.15) is 5.52 Å². The van der Waals surface area contributed by atoms with Gasteiger partial charge in [0.15, 0.2) is 5.58 Å². The Kier molecular flexibility index (Phi) is 2.91. The van der Waals surface area contributed by atoms with Crippen LogP contribution in [0, 0.1) is 17.0 Å². The van der Waals surface area contributed by atoms with Crippen molar-refractivity contribution in [2.75, 3.05) is 0 Å². The van der Waals surface area contributed by atoms with Crippen LogP contribution in [-0.2, 0) is 0 Å². The summed E-state index contributed by atoms with van der Waals surface area (Å²) in [5.74, 6) is 0.350. The number of hydrogen-bond acceptors (Lipinski definition) is 4. The summed E-state index contributed by atoms with van der Waals surface area (Å²) in [4.78, 5) is 14.7. The van der Waals surface area contributed by atoms with Crippen LogP contribution in [0.25, 0.3) is 22.6 Å². The Morgan fingerprint density at radius 2 is 2.05 bits per heavy atom. The Bertz CT molecular complexity index is 826. The predicted molar refractivity (Wildman–Crippen MR) is 75.8 cm³/mol. The molecular weight excluding hydrogens is 280 g/mol. The van der Waals surface area contributed by atoms with Crippen LogP contribution in [-0.4, -0.2) is 9.91 Å². The molecule has 6 heteroatoms. The summed E-state index contributed by atoms with van der Waals surface area (Å²) in [5.41, 5.74) is 2.68. The van der Waals surface area contributed by atoms with Crippen LogP contribution < -0.4 is 0 Å². The van der Waals surface area contributed by atoms with E-state index in [1.54, 1.807) is 24.3 Å². The molecule has 20 heavy (non-hydrogen) atoms. The van der Waals surface area contributed by atoms with Gasteiger partial charge in [-0.05, 0) is 30.7 Å². The third-order valence-corrected chi connectivity index (χ3v) is 3.25. The lowest BCUT2D eigenvalue weighted by Crippen LogP contribution is -1.90. The van der Waals surface area contributed by atoms with Gasteiger partial charge in [-0.1, -0.05) is 17.7 Å². The lowest BCUT2D eigenvalue weighted by molar-refractivity contribution is -0.384. The highest BCUT2D eigenvalue weighted by molar-refractivity contribution is 6.31. The number of benzene rings is 2. The minimum Gasteiger partial charge on any atom is -0.436 e. The quantitative estimate of drug-likeness (QED) is 0.519. The molecule has 0 aliphatic heterocycles. The maximum absolute atomic E-state index is 10.8. The second kappa shape index (κ2) is 4.61. The normalized spacial score (nSPS) is 10.9. The van der Waals surface area contributed by atoms with E-state index in [4.69, 9.17) is 16.0 Å². The molecule has 0 saturated carbocycles. The maximum atomic E-state index is 10.8. The molecule has 0 aliphatic rings. The van der Waals surface area contributed by atoms with E-state index in [2.05, 4.69) is 4.98 Å². The molecule has 0 fully saturated rings. The summed E-state index contributed by atoms with van der Waals surface area (Å²) in [6.45, 7) is 1.85. The van der Waals surface area contributed by atoms with Gasteiger partial charge in [-0.15, -0.1) is 0 Å². The van der Waals surface area contributed by atoms with E-state index in [1.165, 1.54) is 12.1 Å². The third kappa shape index (κ3) is 2.12. The fourth-order valence-electron chi connectivity index (χ4n) is 1.97. The first-order valence-electron chi connectivity index (χ1n) is 5.86. The molecule has 0 radical (unpaired) electrons. The molecule has 0 spiro atoms. The van der Waals surface area contributed by atoms with Gasteiger partial charge >= 0.3 is 0 Å². The lowest BCUT2D eigenvalue weighted by atomic mass is 10.1. The van der Waals surface area contributed by atoms with Crippen molar-refractivity contribution in [1.29, 1.82) is 0 Å². The number of nitrogens with zero attached hydrogens (tertiary/aromatic N) is 2. The van der Waals surface area contributed by atoms with Gasteiger partial charge in [0.25, 0.3) is 5.69 Å². The molecule has 0 unspecified atom stereocenters. The van der Waals surface area contributed by atoms with E-state index in [1.807, 2.05) is 6.92 Å². The molecule has 0 bridgehead atoms. The van der Waals surface area contributed by atoms with E-state index >= 15 is 0 Å². The van der Waals surface area contributed by atoms with Gasteiger partial charge in [-0.3, -0.25) is 10.1 Å². The van der Waals surface area contributed by atoms with Crippen molar-refractivity contribution in [3.05, 3.63) is 57.1 Å². The Hall–Kier alpha value is -2.40. The summed E-state index contributed by atoms with van der Waals surface area (Å²) in [6.07, 6.45) is 0. The number of halogens is 1. The second-order valence-electron chi connectivity index (χ2n) is 4.39. The Labute approximate surface area is 119 Å². The number of fused-ring (bicyclic) bond motifs is 1. The maximum Gasteiger partial charge on any atom is 0.270 e. The zero-order chi connectivity index (χ0) is 14.3. The van der Waals surface area contributed by atoms with Crippen LogP contribution in [0.3, 0.4) is 0 Å². The van der Waals surface area contributed by atoms with Crippen LogP contribution in [0.1, 0.15) is 5.56 Å². The van der Waals surface area contributed by atoms with Crippen molar-refractivity contribution in [1.82, 2.24) is 4.98 Å². The van der Waals surface area contributed by atoms with Gasteiger partial charge in [0, 0.05) is 22.7 Å². The average Bonchev–Trinajstić information content (AvgIpc) is 2.81. The molecule has 1 heterocycles. The summed E-state index contributed by atoms with van der Waals surface area (Å²) in [5, 5.41) is 11.4. The fraction of sp³-hybridized carbons (Fsp3) is 0.0714. The standard InChI is InChI=1S/C14H9ClN2O3/c1-8-2-4-10(17(18)19)7-11(8)14-16-12-6-9(15)3-5-13(12)20-14/h2-7H,1H3. The van der Waals surface area contributed by atoms with Gasteiger partial charge in [0.05, 0.1) is 4.92 Å². The molecular formula is C14H9ClN2O3. The first-order chi connectivity index (χ1) is 9.54. The highest BCUT2D eigenvalue weighted by atomic mass is 35.5. The molecule has 3 rings (SSSR count). The minimum atomic E-state index is -0.442. The topological polar surface area (TPSA) is 69.2 Å². The highest BCUT2D eigenvalue weighted by Crippen LogP contribution is 2.30. The Balaban J connectivity index is 2.19. The molecule has 5 nitrogen and oxygen atoms in total. The first-order valence-corrected chi connectivity index (χ1v) is 6.24. The molecule has 0 amide bonds. The molecule has 2 aromatic carbocycles. The van der Waals surface area contributed by atoms with E-state index in [-0.39, 0.29) is 5.69 Å². The van der Waals surface area contributed by atoms with Crippen LogP contribution in [0.2, 0.25) is 5.02 Å². The summed E-state index contributed by atoms with van der Waals surface area (Å²) in [6, 6.07) is 9.71. The number of rotatable bonds is 2. The van der Waals surface area contributed by atoms with Crippen molar-refractivity contribution in [3.8, 4) is 11.5 Å². The molecule has 100 valence electrons. The largest absolute Gasteiger partial charge is 0.436 e. The molecule has 0 N–H and O–H groups in total. The van der Waals surface area contributed by atoms with Crippen molar-refractivity contribution in [3.63, 3.8) is 0 Å². The van der Waals surface area contributed by atoms with Crippen molar-refractivity contribution < 1.29 is 9.34 Å². The molecule has 0 aliphatic carbocycles. The second-order valence-corrected chi connectivity index (χ2v) is 4.82. The first kappa shape index (κ1) is 12.6. The Morgan fingerprint density at radius 3 is 2.80 bits per heavy atom. The van der Waals surface area contributed by atoms with Crippen LogP contribution >= 0.6 is 11.6 Å². The van der Waals surface area contributed by atoms with Gasteiger partial charge in [-0.2, -0.15) is 0 Å². The summed E-state index contributed by atoms with van der Waals surface area (Å²) >= 11 is 5.90. The Morgan fingerprint density at radius 1 is 1.25 bits per heavy atom. The van der Waals surface area contributed by atoms with E-state index in [0.29, 0.717) is 27.6 Å². The third-order valence-electron chi connectivity index (χ3n) is 3.01. The number of nitro groups is 1. The lowest BCUT2D eigenvalue weighted by Gasteiger charge is -2.00. The molecule has 1 aromatic heterocycles. The zero-order valence-electron chi connectivity index (χ0n) is 10.5. The predicted octanol–water partition coefficient (Wildman–Crippen LogP) is 4.36. The zero-order valence-corrected chi connectivity index (χ0v) is 11.2. The summed E-state index contributed by atoms with van der Waals surface area (Å²) in [7, 11) is 0. The number of hydrogen-bond donors (Lipinski definition) is 0. The van der Waals surface area contributed by atoms with Crippen molar-refractivity contribution >= 4 is 28.4 Å². The smallest absolute Gasteiger partial charge is 0.270 e. The van der Waals surface area contributed by atoms with Crippen LogP contribution in [0.4, 0.5) is 5.69 Å². The van der Waals surface area contributed by atoms with Crippen LogP contribution in [0.15, 0.2) is 40.8 Å². The monoisotopic (exact) mass is 288 g/mol. The number of aryl methyl sites for hydroxylation is 1. The minimum absolute atomic E-state index is 0.00545. The average molecular weight is 289 g/mol. The fourth-order valence-corrected chi connectivity index (χ4v) is 2.14. The van der Waals surface area contributed by atoms with Gasteiger partial charge < -0.3 is 4.42 Å². The SMILES string of the molecule is Cc1ccc([N+](=O)[O-])cc1-c1nc2cc(Cl)ccc2o1. The van der Waals surface area contributed by atoms with Crippen LogP contribution in [0.5, 0.6) is 0 Å². The highest BCUT2D eigenvalue weighted by Gasteiger charge is 2.15. The van der Waals surface area contributed by atoms with E-state index < -0.39 is 4.92 Å². The van der Waals surface area contributed by atoms with Crippen molar-refractivity contribution in [2.24, 2.45) is 0 Å².